The van der Waals surface area contributed by atoms with Gasteiger partial charge in [-0.15, -0.1) is 0 Å². The van der Waals surface area contributed by atoms with Crippen LogP contribution in [0.4, 0.5) is 0 Å². The quantitative estimate of drug-likeness (QED) is 0.108. The number of nitrogens with zero attached hydrogens (tertiary/aromatic N) is 7. The Bertz CT molecular complexity index is 8000. The Morgan fingerprint density at radius 2 is 0.667 bits per heavy atom. The van der Waals surface area contributed by atoms with E-state index in [-0.39, 0.29) is 0 Å². The molecule has 0 bridgehead atoms. The van der Waals surface area contributed by atoms with E-state index in [9.17, 15) is 0 Å². The van der Waals surface area contributed by atoms with Crippen molar-refractivity contribution in [2.24, 2.45) is 9.98 Å². The average Bonchev–Trinajstić information content (AvgIpc) is 1.58. The SMILES string of the molecule is c1ccc(C2=NC(c3ccc(I4c5ccccc5-c5cc(-c6ccc7c(c6)c6ccccc6n7-c6ccccc6)ccc54)c4ccccc34)=NC(c3cccc(-c4ccc(-n5c6ccc(-c7ccc8c(c7)c7ccccc7n8-c7ccc(-c8cc(-c9ccccc9)nc(-c9ccccc9)n8)cc7)cc6c6c7ccccc7ccc65)cc4)c3)=I2)cc1. The first-order chi connectivity index (χ1) is 59.5. The number of aliphatic imine (C=N–C) groups is 2. The molecule has 24 rings (SSSR count). The van der Waals surface area contributed by atoms with Crippen LogP contribution in [0, 0.1) is 10.7 Å². The van der Waals surface area contributed by atoms with E-state index >= 15 is 0 Å². The van der Waals surface area contributed by atoms with Crippen molar-refractivity contribution in [3.63, 3.8) is 0 Å². The van der Waals surface area contributed by atoms with E-state index in [1.165, 1.54) is 103 Å². The van der Waals surface area contributed by atoms with Crippen molar-refractivity contribution in [3.8, 4) is 95.5 Å². The van der Waals surface area contributed by atoms with Crippen molar-refractivity contribution >= 4 is 141 Å². The summed E-state index contributed by atoms with van der Waals surface area (Å²) in [5.74, 6) is 1.45. The summed E-state index contributed by atoms with van der Waals surface area (Å²) in [4.78, 5) is 21.5. The summed E-state index contributed by atoms with van der Waals surface area (Å²) in [7, 11) is 0. The fraction of sp³-hybridized carbons (Fsp3) is 0. The molecule has 0 aliphatic carbocycles. The van der Waals surface area contributed by atoms with Crippen molar-refractivity contribution in [2.75, 3.05) is 0 Å². The molecule has 6 heterocycles. The molecule has 2 aliphatic heterocycles. The van der Waals surface area contributed by atoms with Crippen LogP contribution in [0.3, 0.4) is 0 Å². The number of hydrogen-bond donors (Lipinski definition) is 0. The summed E-state index contributed by atoms with van der Waals surface area (Å²) in [6.45, 7) is 0. The van der Waals surface area contributed by atoms with E-state index in [0.29, 0.717) is 5.82 Å². The number of aromatic nitrogens is 5. The fourth-order valence-corrected chi connectivity index (χ4v) is 27.5. The Hall–Kier alpha value is -14.4. The molecule has 0 radical (unpaired) electrons. The van der Waals surface area contributed by atoms with Gasteiger partial charge in [-0.3, -0.25) is 0 Å². The third-order valence-corrected chi connectivity index (χ3v) is 33.0. The molecular formula is C111H69I2N7. The molecule has 0 atom stereocenters. The average molecular weight is 1750 g/mol. The Kier molecular flexibility index (Phi) is 16.8. The zero-order valence-electron chi connectivity index (χ0n) is 64.7. The molecule has 22 aromatic rings. The molecule has 562 valence electrons. The van der Waals surface area contributed by atoms with Crippen LogP contribution in [0.25, 0.3) is 182 Å². The number of benzene rings is 18. The van der Waals surface area contributed by atoms with Gasteiger partial charge in [0.25, 0.3) is 0 Å². The Morgan fingerprint density at radius 1 is 0.225 bits per heavy atom. The molecule has 0 unspecified atom stereocenters. The van der Waals surface area contributed by atoms with Crippen LogP contribution < -0.4 is 0 Å². The first kappa shape index (κ1) is 69.9. The number of para-hydroxylation sites is 3. The van der Waals surface area contributed by atoms with Crippen molar-refractivity contribution in [1.82, 2.24) is 23.7 Å². The summed E-state index contributed by atoms with van der Waals surface area (Å²) < 4.78 is 13.8. The van der Waals surface area contributed by atoms with Gasteiger partial charge in [-0.2, -0.15) is 0 Å². The van der Waals surface area contributed by atoms with E-state index in [1.807, 2.05) is 24.3 Å². The molecular weight excluding hydrogens is 1690 g/mol. The maximum absolute atomic E-state index is 5.69. The third kappa shape index (κ3) is 11.8. The summed E-state index contributed by atoms with van der Waals surface area (Å²) in [5, 5.41) is 12.2. The number of halogens is 2. The molecule has 2 aliphatic rings. The summed E-state index contributed by atoms with van der Waals surface area (Å²) >= 11 is -3.07. The predicted molar refractivity (Wildman–Crippen MR) is 519 cm³/mol. The van der Waals surface area contributed by atoms with Gasteiger partial charge in [-0.1, -0.05) is 140 Å². The minimum absolute atomic E-state index is 0.700. The van der Waals surface area contributed by atoms with Crippen LogP contribution in [0.5, 0.6) is 0 Å². The number of rotatable bonds is 13. The van der Waals surface area contributed by atoms with Crippen LogP contribution in [0.15, 0.2) is 429 Å². The predicted octanol–water partition coefficient (Wildman–Crippen LogP) is 28.8. The van der Waals surface area contributed by atoms with Gasteiger partial charge in [0.15, 0.2) is 5.82 Å². The molecule has 18 aromatic carbocycles. The molecule has 0 N–H and O–H groups in total. The first-order valence-corrected chi connectivity index (χ1v) is 46.0. The van der Waals surface area contributed by atoms with Crippen LogP contribution >= 0.6 is 40.6 Å². The standard InChI is InChI=1S/C111H69I2N7/c1-5-25-72(26-6-1)99-69-100(115-110(114-99)75-29-9-3-10-30-75)73-46-55-83(56-47-73)119-102-43-22-19-40-90(102)94-67-79(51-61-104(94)119)80-52-62-105-95(68-80)107-85-35-14-13-24-71(85)49-63-106(107)120(105)84-53-44-70(45-54-84)76-31-23-32-81(64-76)109-112-108(74-27-7-2-8-28-74)116-111(117-109)91-57-59-97(87-37-16-15-36-86(87)91)113-96-41-20-17-38-88(96)92-65-77(48-58-98(92)113)78-50-60-103-93(66-78)89-39-18-21-42-101(89)118(103)82-33-11-4-12-34-82/h1-69H. The molecule has 120 heavy (non-hydrogen) atoms. The zero-order chi connectivity index (χ0) is 78.9. The van der Waals surface area contributed by atoms with Gasteiger partial charge < -0.3 is 9.13 Å². The monoisotopic (exact) mass is 1750 g/mol. The second-order valence-corrected chi connectivity index (χ2v) is 38.5. The molecule has 0 saturated carbocycles. The van der Waals surface area contributed by atoms with Gasteiger partial charge in [0.1, 0.15) is 0 Å². The normalized spacial score (nSPS) is 13.0. The molecule has 7 nitrogen and oxygen atoms in total. The second kappa shape index (κ2) is 28.8. The van der Waals surface area contributed by atoms with Crippen molar-refractivity contribution in [2.45, 2.75) is 0 Å². The van der Waals surface area contributed by atoms with E-state index in [0.717, 1.165) is 114 Å². The van der Waals surface area contributed by atoms with Gasteiger partial charge in [0, 0.05) is 49.6 Å². The first-order valence-electron chi connectivity index (χ1n) is 40.6. The summed E-state index contributed by atoms with van der Waals surface area (Å²) in [6.07, 6.45) is 0. The van der Waals surface area contributed by atoms with Crippen molar-refractivity contribution < 1.29 is 0 Å². The molecule has 0 fully saturated rings. The van der Waals surface area contributed by atoms with E-state index in [2.05, 4.69) is 408 Å². The molecule has 0 amide bonds. The Balaban J connectivity index is 0.549. The topological polar surface area (TPSA) is 65.3 Å². The molecule has 4 aromatic heterocycles. The van der Waals surface area contributed by atoms with Crippen molar-refractivity contribution in [3.05, 3.63) is 446 Å². The van der Waals surface area contributed by atoms with Gasteiger partial charge in [0.2, 0.25) is 0 Å². The number of amidine groups is 1. The second-order valence-electron chi connectivity index (χ2n) is 30.8. The summed E-state index contributed by atoms with van der Waals surface area (Å²) in [6, 6.07) is 154. The van der Waals surface area contributed by atoms with Crippen molar-refractivity contribution in [1.29, 1.82) is 0 Å². The zero-order valence-corrected chi connectivity index (χ0v) is 69.0. The molecule has 0 spiro atoms. The van der Waals surface area contributed by atoms with E-state index in [1.54, 1.807) is 0 Å². The van der Waals surface area contributed by atoms with Crippen LogP contribution in [-0.2, 0) is 0 Å². The number of fused-ring (bicyclic) bond motifs is 15. The van der Waals surface area contributed by atoms with Gasteiger partial charge in [0.05, 0.1) is 33.5 Å². The minimum atomic E-state index is -2.27. The van der Waals surface area contributed by atoms with Gasteiger partial charge >= 0.3 is 380 Å². The Morgan fingerprint density at radius 3 is 1.33 bits per heavy atom. The van der Waals surface area contributed by atoms with Crippen LogP contribution in [0.2, 0.25) is 0 Å². The Labute approximate surface area is 709 Å². The molecule has 0 saturated heterocycles. The van der Waals surface area contributed by atoms with Gasteiger partial charge in [-0.25, -0.2) is 9.97 Å². The van der Waals surface area contributed by atoms with E-state index < -0.39 is 40.6 Å². The maximum atomic E-state index is 5.69. The summed E-state index contributed by atoms with van der Waals surface area (Å²) in [5.41, 5.74) is 28.2. The third-order valence-electron chi connectivity index (χ3n) is 23.9. The number of hydrogen-bond acceptors (Lipinski definition) is 4. The van der Waals surface area contributed by atoms with Gasteiger partial charge in [-0.05, 0) is 88.6 Å². The van der Waals surface area contributed by atoms with E-state index in [4.69, 9.17) is 20.0 Å². The van der Waals surface area contributed by atoms with Crippen LogP contribution in [0.1, 0.15) is 16.7 Å². The fourth-order valence-electron chi connectivity index (χ4n) is 18.3. The van der Waals surface area contributed by atoms with Crippen LogP contribution in [-0.4, -0.2) is 36.9 Å². The molecule has 9 heteroatoms.